The van der Waals surface area contributed by atoms with Crippen LogP contribution in [-0.2, 0) is 10.2 Å². The van der Waals surface area contributed by atoms with Crippen LogP contribution in [0.4, 0.5) is 0 Å². The highest BCUT2D eigenvalue weighted by Crippen LogP contribution is 2.43. The van der Waals surface area contributed by atoms with Crippen molar-refractivity contribution in [3.05, 3.63) is 35.9 Å². The number of rotatable bonds is 5. The number of carbonyl (C=O) groups is 1. The van der Waals surface area contributed by atoms with Gasteiger partial charge in [-0.15, -0.1) is 0 Å². The minimum absolute atomic E-state index is 0.103. The van der Waals surface area contributed by atoms with Crippen LogP contribution in [-0.4, -0.2) is 36.5 Å². The Morgan fingerprint density at radius 3 is 2.62 bits per heavy atom. The molecule has 1 fully saturated rings. The first kappa shape index (κ1) is 15.5. The van der Waals surface area contributed by atoms with Crippen molar-refractivity contribution in [3.63, 3.8) is 0 Å². The average molecular weight is 285 g/mol. The van der Waals surface area contributed by atoms with E-state index in [0.717, 1.165) is 18.4 Å². The summed E-state index contributed by atoms with van der Waals surface area (Å²) < 4.78 is 0. The van der Waals surface area contributed by atoms with E-state index in [1.54, 1.807) is 4.90 Å². The second kappa shape index (κ2) is 6.28. The number of likely N-dealkylation sites (N-methyl/N-ethyl adjacent to an activating group) is 1. The molecule has 1 aromatic carbocycles. The van der Waals surface area contributed by atoms with E-state index >= 15 is 0 Å². The summed E-state index contributed by atoms with van der Waals surface area (Å²) in [5.74, 6) is 0.103. The van der Waals surface area contributed by atoms with Crippen LogP contribution in [0.1, 0.15) is 32.3 Å². The number of nitriles is 1. The van der Waals surface area contributed by atoms with Gasteiger partial charge in [0.25, 0.3) is 0 Å². The Bertz CT molecular complexity index is 529. The van der Waals surface area contributed by atoms with Gasteiger partial charge in [-0.1, -0.05) is 30.3 Å². The van der Waals surface area contributed by atoms with Gasteiger partial charge >= 0.3 is 0 Å². The molecule has 4 heteroatoms. The number of carbonyl (C=O) groups excluding carboxylic acids is 1. The first-order chi connectivity index (χ1) is 10.0. The molecule has 1 saturated carbocycles. The minimum Gasteiger partial charge on any atom is -0.345 e. The molecule has 0 heterocycles. The Kier molecular flexibility index (Phi) is 4.64. The lowest BCUT2D eigenvalue weighted by molar-refractivity contribution is -0.132. The van der Waals surface area contributed by atoms with E-state index in [2.05, 4.69) is 11.4 Å². The zero-order chi connectivity index (χ0) is 15.5. The van der Waals surface area contributed by atoms with E-state index in [1.165, 1.54) is 0 Å². The number of hydrogen-bond donors (Lipinski definition) is 1. The van der Waals surface area contributed by atoms with Crippen LogP contribution >= 0.6 is 0 Å². The quantitative estimate of drug-likeness (QED) is 0.901. The Morgan fingerprint density at radius 2 is 2.10 bits per heavy atom. The van der Waals surface area contributed by atoms with E-state index in [9.17, 15) is 10.1 Å². The maximum absolute atomic E-state index is 12.0. The van der Waals surface area contributed by atoms with Crippen molar-refractivity contribution >= 4 is 5.91 Å². The van der Waals surface area contributed by atoms with E-state index in [0.29, 0.717) is 6.54 Å². The Morgan fingerprint density at radius 1 is 1.48 bits per heavy atom. The van der Waals surface area contributed by atoms with Gasteiger partial charge in [-0.05, 0) is 32.3 Å². The van der Waals surface area contributed by atoms with E-state index in [4.69, 9.17) is 0 Å². The summed E-state index contributed by atoms with van der Waals surface area (Å²) in [7, 11) is 1.81. The highest BCUT2D eigenvalue weighted by Gasteiger charge is 2.46. The van der Waals surface area contributed by atoms with Gasteiger partial charge < -0.3 is 10.2 Å². The molecule has 0 saturated heterocycles. The maximum Gasteiger partial charge on any atom is 0.239 e. The number of nitrogens with zero attached hydrogens (tertiary/aromatic N) is 2. The van der Waals surface area contributed by atoms with Crippen molar-refractivity contribution < 1.29 is 4.79 Å². The molecule has 0 aliphatic heterocycles. The molecule has 1 unspecified atom stereocenters. The van der Waals surface area contributed by atoms with Gasteiger partial charge in [0.2, 0.25) is 5.91 Å². The lowest BCUT2D eigenvalue weighted by Crippen LogP contribution is -2.56. The van der Waals surface area contributed by atoms with Crippen LogP contribution < -0.4 is 5.32 Å². The fourth-order valence-electron chi connectivity index (χ4n) is 2.96. The van der Waals surface area contributed by atoms with Crippen LogP contribution in [0.5, 0.6) is 0 Å². The van der Waals surface area contributed by atoms with Gasteiger partial charge in [0.05, 0.1) is 17.5 Å². The fraction of sp³-hybridized carbons (Fsp3) is 0.529. The third-order valence-corrected chi connectivity index (χ3v) is 4.44. The summed E-state index contributed by atoms with van der Waals surface area (Å²) in [5, 5.41) is 12.9. The Labute approximate surface area is 126 Å². The van der Waals surface area contributed by atoms with Crippen LogP contribution in [0.25, 0.3) is 0 Å². The minimum atomic E-state index is -0.391. The smallest absolute Gasteiger partial charge is 0.239 e. The van der Waals surface area contributed by atoms with Gasteiger partial charge in [0.15, 0.2) is 0 Å². The highest BCUT2D eigenvalue weighted by molar-refractivity contribution is 5.81. The number of amides is 1. The molecule has 1 atom stereocenters. The van der Waals surface area contributed by atoms with Gasteiger partial charge in [-0.25, -0.2) is 0 Å². The zero-order valence-corrected chi connectivity index (χ0v) is 13.0. The Hall–Kier alpha value is -1.86. The topological polar surface area (TPSA) is 56.1 Å². The SMILES string of the molecule is CCN(C)C(=O)C(C)NC1CC(C#N)(c2ccccc2)C1. The lowest BCUT2D eigenvalue weighted by Gasteiger charge is -2.44. The van der Waals surface area contributed by atoms with E-state index in [1.807, 2.05) is 51.2 Å². The van der Waals surface area contributed by atoms with Gasteiger partial charge in [0, 0.05) is 19.6 Å². The van der Waals surface area contributed by atoms with Gasteiger partial charge in [-0.3, -0.25) is 4.79 Å². The molecule has 0 bridgehead atoms. The molecule has 1 amide bonds. The van der Waals surface area contributed by atoms with Gasteiger partial charge in [-0.2, -0.15) is 5.26 Å². The molecule has 2 rings (SSSR count). The summed E-state index contributed by atoms with van der Waals surface area (Å²) in [6.07, 6.45) is 1.53. The third-order valence-electron chi connectivity index (χ3n) is 4.44. The lowest BCUT2D eigenvalue weighted by atomic mass is 9.62. The molecular formula is C17H23N3O. The molecule has 0 spiro atoms. The molecule has 21 heavy (non-hydrogen) atoms. The van der Waals surface area contributed by atoms with Gasteiger partial charge in [0.1, 0.15) is 0 Å². The van der Waals surface area contributed by atoms with Crippen molar-refractivity contribution in [2.24, 2.45) is 0 Å². The molecule has 4 nitrogen and oxygen atoms in total. The van der Waals surface area contributed by atoms with Crippen molar-refractivity contribution in [1.29, 1.82) is 5.26 Å². The molecular weight excluding hydrogens is 262 g/mol. The normalized spacial score (nSPS) is 25.5. The second-order valence-corrected chi connectivity index (χ2v) is 5.91. The number of nitrogens with one attached hydrogen (secondary N) is 1. The number of benzene rings is 1. The third kappa shape index (κ3) is 3.08. The zero-order valence-electron chi connectivity index (χ0n) is 13.0. The maximum atomic E-state index is 12.0. The highest BCUT2D eigenvalue weighted by atomic mass is 16.2. The van der Waals surface area contributed by atoms with E-state index < -0.39 is 5.41 Å². The Balaban J connectivity index is 1.94. The molecule has 1 N–H and O–H groups in total. The molecule has 1 aliphatic rings. The molecule has 1 aromatic rings. The van der Waals surface area contributed by atoms with Crippen molar-refractivity contribution in [2.75, 3.05) is 13.6 Å². The molecule has 0 aromatic heterocycles. The fourth-order valence-corrected chi connectivity index (χ4v) is 2.96. The van der Waals surface area contributed by atoms with Crippen molar-refractivity contribution in [3.8, 4) is 6.07 Å². The summed E-state index contributed by atoms with van der Waals surface area (Å²) in [6.45, 7) is 4.56. The summed E-state index contributed by atoms with van der Waals surface area (Å²) in [5.41, 5.74) is 0.688. The largest absolute Gasteiger partial charge is 0.345 e. The molecule has 1 aliphatic carbocycles. The van der Waals surface area contributed by atoms with Crippen LogP contribution in [0.15, 0.2) is 30.3 Å². The van der Waals surface area contributed by atoms with Crippen molar-refractivity contribution in [2.45, 2.75) is 44.2 Å². The monoisotopic (exact) mass is 285 g/mol. The summed E-state index contributed by atoms with van der Waals surface area (Å²) in [4.78, 5) is 13.8. The van der Waals surface area contributed by atoms with Crippen LogP contribution in [0, 0.1) is 11.3 Å². The average Bonchev–Trinajstić information content (AvgIpc) is 2.49. The second-order valence-electron chi connectivity index (χ2n) is 5.91. The summed E-state index contributed by atoms with van der Waals surface area (Å²) >= 11 is 0. The summed E-state index contributed by atoms with van der Waals surface area (Å²) in [6, 6.07) is 12.4. The predicted octanol–water partition coefficient (Wildman–Crippen LogP) is 2.07. The number of hydrogen-bond acceptors (Lipinski definition) is 3. The standard InChI is InChI=1S/C17H23N3O/c1-4-20(3)16(21)13(2)19-15-10-17(11-15,12-18)14-8-6-5-7-9-14/h5-9,13,15,19H,4,10-11H2,1-3H3. The first-order valence-corrected chi connectivity index (χ1v) is 7.50. The molecule has 112 valence electrons. The van der Waals surface area contributed by atoms with Crippen LogP contribution in [0.2, 0.25) is 0 Å². The molecule has 0 radical (unpaired) electrons. The van der Waals surface area contributed by atoms with E-state index in [-0.39, 0.29) is 18.0 Å². The first-order valence-electron chi connectivity index (χ1n) is 7.50. The predicted molar refractivity (Wildman–Crippen MR) is 82.7 cm³/mol. The van der Waals surface area contributed by atoms with Crippen LogP contribution in [0.3, 0.4) is 0 Å². The van der Waals surface area contributed by atoms with Crippen molar-refractivity contribution in [1.82, 2.24) is 10.2 Å².